The molecule has 0 atom stereocenters. The lowest BCUT2D eigenvalue weighted by atomic mass is 9.87. The number of carbonyl (C=O) groups excluding carboxylic acids is 1. The molecule has 6 nitrogen and oxygen atoms in total. The number of pyridine rings is 1. The summed E-state index contributed by atoms with van der Waals surface area (Å²) < 4.78 is 3.78. The van der Waals surface area contributed by atoms with Crippen molar-refractivity contribution in [1.29, 1.82) is 0 Å². The van der Waals surface area contributed by atoms with Crippen LogP contribution in [-0.4, -0.2) is 26.3 Å². The molecule has 6 heteroatoms. The lowest BCUT2D eigenvalue weighted by Crippen LogP contribution is -2.39. The van der Waals surface area contributed by atoms with Crippen molar-refractivity contribution in [3.8, 4) is 0 Å². The normalized spacial score (nSPS) is 20.1. The fraction of sp³-hybridized carbons (Fsp3) is 0.667. The molecule has 0 spiro atoms. The maximum atomic E-state index is 13.1. The largest absolute Gasteiger partial charge is 0.349 e. The van der Waals surface area contributed by atoms with Crippen molar-refractivity contribution in [2.24, 2.45) is 13.0 Å². The molecule has 1 aliphatic rings. The van der Waals surface area contributed by atoms with Crippen LogP contribution in [0.15, 0.2) is 11.0 Å². The first-order valence-electron chi connectivity index (χ1n) is 10.3. The molecule has 2 aromatic heterocycles. The van der Waals surface area contributed by atoms with Crippen LogP contribution >= 0.6 is 0 Å². The first-order valence-corrected chi connectivity index (χ1v) is 10.3. The van der Waals surface area contributed by atoms with Gasteiger partial charge in [0.2, 0.25) is 5.43 Å². The third kappa shape index (κ3) is 4.09. The molecule has 0 unspecified atom stereocenters. The molecular formula is C21H32N4O2. The molecule has 3 rings (SSSR count). The summed E-state index contributed by atoms with van der Waals surface area (Å²) in [6.45, 7) is 7.04. The van der Waals surface area contributed by atoms with Crippen molar-refractivity contribution in [3.05, 3.63) is 27.7 Å². The number of amides is 1. The minimum Gasteiger partial charge on any atom is -0.349 e. The Balaban J connectivity index is 1.94. The van der Waals surface area contributed by atoms with E-state index < -0.39 is 0 Å². The molecule has 1 fully saturated rings. The van der Waals surface area contributed by atoms with Crippen molar-refractivity contribution < 1.29 is 4.79 Å². The Morgan fingerprint density at radius 1 is 1.26 bits per heavy atom. The molecule has 0 aromatic carbocycles. The zero-order chi connectivity index (χ0) is 19.6. The first-order chi connectivity index (χ1) is 12.9. The number of aryl methyl sites for hydroxylation is 3. The SMILES string of the molecule is CCCCCn1cc(C(=O)NC2CCC(C)CC2)c(=O)c2c(C)nn(C)c21. The molecule has 0 saturated heterocycles. The number of nitrogens with zero attached hydrogens (tertiary/aromatic N) is 3. The lowest BCUT2D eigenvalue weighted by molar-refractivity contribution is 0.0921. The van der Waals surface area contributed by atoms with E-state index >= 15 is 0 Å². The van der Waals surface area contributed by atoms with Gasteiger partial charge < -0.3 is 9.88 Å². The number of aromatic nitrogens is 3. The van der Waals surface area contributed by atoms with E-state index in [-0.39, 0.29) is 22.9 Å². The third-order valence-corrected chi connectivity index (χ3v) is 5.82. The highest BCUT2D eigenvalue weighted by Crippen LogP contribution is 2.24. The molecule has 0 radical (unpaired) electrons. The molecule has 27 heavy (non-hydrogen) atoms. The van der Waals surface area contributed by atoms with E-state index in [0.717, 1.165) is 63.1 Å². The molecular weight excluding hydrogens is 340 g/mol. The lowest BCUT2D eigenvalue weighted by Gasteiger charge is -2.27. The maximum absolute atomic E-state index is 13.1. The second-order valence-electron chi connectivity index (χ2n) is 8.11. The van der Waals surface area contributed by atoms with Crippen LogP contribution in [-0.2, 0) is 13.6 Å². The summed E-state index contributed by atoms with van der Waals surface area (Å²) in [4.78, 5) is 26.0. The van der Waals surface area contributed by atoms with Gasteiger partial charge in [-0.25, -0.2) is 0 Å². The summed E-state index contributed by atoms with van der Waals surface area (Å²) >= 11 is 0. The van der Waals surface area contributed by atoms with Crippen LogP contribution in [0.25, 0.3) is 11.0 Å². The van der Waals surface area contributed by atoms with Gasteiger partial charge in [-0.15, -0.1) is 0 Å². The van der Waals surface area contributed by atoms with Crippen LogP contribution < -0.4 is 10.7 Å². The number of rotatable bonds is 6. The van der Waals surface area contributed by atoms with Crippen LogP contribution in [0.1, 0.15) is 74.8 Å². The number of hydrogen-bond donors (Lipinski definition) is 1. The molecule has 1 amide bonds. The predicted octanol–water partition coefficient (Wildman–Crippen LogP) is 3.54. The minimum atomic E-state index is -0.242. The Hall–Kier alpha value is -2.11. The van der Waals surface area contributed by atoms with E-state index in [0.29, 0.717) is 11.1 Å². The average molecular weight is 373 g/mol. The fourth-order valence-electron chi connectivity index (χ4n) is 4.18. The van der Waals surface area contributed by atoms with Crippen LogP contribution in [0.5, 0.6) is 0 Å². The Kier molecular flexibility index (Phi) is 6.02. The van der Waals surface area contributed by atoms with Gasteiger partial charge in [0.1, 0.15) is 11.2 Å². The van der Waals surface area contributed by atoms with Gasteiger partial charge in [0.15, 0.2) is 0 Å². The molecule has 148 valence electrons. The maximum Gasteiger partial charge on any atom is 0.256 e. The summed E-state index contributed by atoms with van der Waals surface area (Å²) in [5, 5.41) is 8.10. The van der Waals surface area contributed by atoms with Gasteiger partial charge >= 0.3 is 0 Å². The smallest absolute Gasteiger partial charge is 0.256 e. The molecule has 0 aliphatic heterocycles. The molecule has 2 heterocycles. The number of hydrogen-bond acceptors (Lipinski definition) is 3. The topological polar surface area (TPSA) is 68.9 Å². The zero-order valence-electron chi connectivity index (χ0n) is 17.0. The summed E-state index contributed by atoms with van der Waals surface area (Å²) in [5.41, 5.74) is 1.53. The molecule has 1 N–H and O–H groups in total. The van der Waals surface area contributed by atoms with Crippen molar-refractivity contribution in [1.82, 2.24) is 19.7 Å². The highest BCUT2D eigenvalue weighted by Gasteiger charge is 2.24. The van der Waals surface area contributed by atoms with Crippen LogP contribution in [0.3, 0.4) is 0 Å². The summed E-state index contributed by atoms with van der Waals surface area (Å²) in [5.74, 6) is 0.484. The van der Waals surface area contributed by atoms with Crippen molar-refractivity contribution in [3.63, 3.8) is 0 Å². The molecule has 1 aliphatic carbocycles. The van der Waals surface area contributed by atoms with E-state index in [1.54, 1.807) is 10.9 Å². The van der Waals surface area contributed by atoms with Gasteiger partial charge in [0.05, 0.1) is 11.1 Å². The van der Waals surface area contributed by atoms with Crippen LogP contribution in [0, 0.1) is 12.8 Å². The second-order valence-corrected chi connectivity index (χ2v) is 8.11. The number of unbranched alkanes of at least 4 members (excludes halogenated alkanes) is 2. The Labute approximate surface area is 160 Å². The monoisotopic (exact) mass is 372 g/mol. The molecule has 1 saturated carbocycles. The van der Waals surface area contributed by atoms with E-state index in [1.807, 2.05) is 18.5 Å². The predicted molar refractivity (Wildman–Crippen MR) is 108 cm³/mol. The summed E-state index contributed by atoms with van der Waals surface area (Å²) in [7, 11) is 1.86. The highest BCUT2D eigenvalue weighted by molar-refractivity contribution is 5.97. The van der Waals surface area contributed by atoms with Crippen molar-refractivity contribution >= 4 is 16.9 Å². The summed E-state index contributed by atoms with van der Waals surface area (Å²) in [6, 6.07) is 0.173. The zero-order valence-corrected chi connectivity index (χ0v) is 17.0. The van der Waals surface area contributed by atoms with Gasteiger partial charge in [-0.2, -0.15) is 5.10 Å². The Morgan fingerprint density at radius 2 is 1.96 bits per heavy atom. The number of carbonyl (C=O) groups is 1. The Bertz CT molecular complexity index is 872. The molecule has 2 aromatic rings. The van der Waals surface area contributed by atoms with E-state index in [4.69, 9.17) is 0 Å². The van der Waals surface area contributed by atoms with Gasteiger partial charge in [0.25, 0.3) is 5.91 Å². The van der Waals surface area contributed by atoms with E-state index in [1.165, 1.54) is 0 Å². The number of nitrogens with one attached hydrogen (secondary N) is 1. The van der Waals surface area contributed by atoms with E-state index in [9.17, 15) is 9.59 Å². The van der Waals surface area contributed by atoms with Crippen molar-refractivity contribution in [2.75, 3.05) is 0 Å². The molecule has 0 bridgehead atoms. The quantitative estimate of drug-likeness (QED) is 0.789. The van der Waals surface area contributed by atoms with Crippen LogP contribution in [0.2, 0.25) is 0 Å². The van der Waals surface area contributed by atoms with E-state index in [2.05, 4.69) is 24.3 Å². The number of fused-ring (bicyclic) bond motifs is 1. The fourth-order valence-corrected chi connectivity index (χ4v) is 4.18. The van der Waals surface area contributed by atoms with Gasteiger partial charge in [0, 0.05) is 25.8 Å². The van der Waals surface area contributed by atoms with Gasteiger partial charge in [-0.05, 0) is 44.9 Å². The minimum absolute atomic E-state index is 0.173. The van der Waals surface area contributed by atoms with Gasteiger partial charge in [-0.3, -0.25) is 14.3 Å². The van der Waals surface area contributed by atoms with Gasteiger partial charge in [-0.1, -0.05) is 26.7 Å². The highest BCUT2D eigenvalue weighted by atomic mass is 16.2. The first kappa shape index (κ1) is 19.6. The Morgan fingerprint density at radius 3 is 2.63 bits per heavy atom. The summed E-state index contributed by atoms with van der Waals surface area (Å²) in [6.07, 6.45) is 9.24. The van der Waals surface area contributed by atoms with Crippen LogP contribution in [0.4, 0.5) is 0 Å². The third-order valence-electron chi connectivity index (χ3n) is 5.82. The second kappa shape index (κ2) is 8.28. The average Bonchev–Trinajstić information content (AvgIpc) is 2.94. The van der Waals surface area contributed by atoms with Crippen molar-refractivity contribution in [2.45, 2.75) is 78.3 Å². The standard InChI is InChI=1S/C21H32N4O2/c1-5-6-7-12-25-13-17(19(26)18-15(3)23-24(4)21(18)25)20(27)22-16-10-8-14(2)9-11-16/h13-14,16H,5-12H2,1-4H3,(H,22,27).